The molecule has 1 aromatic rings. The number of fused-ring (bicyclic) bond motifs is 1. The third-order valence-electron chi connectivity index (χ3n) is 4.51. The van der Waals surface area contributed by atoms with Crippen LogP contribution in [0, 0.1) is 0 Å². The Morgan fingerprint density at radius 3 is 2.15 bits per heavy atom. The second-order valence-corrected chi connectivity index (χ2v) is 8.49. The summed E-state index contributed by atoms with van der Waals surface area (Å²) in [5, 5.41) is 3.30. The molecule has 0 radical (unpaired) electrons. The van der Waals surface area contributed by atoms with Crippen LogP contribution >= 0.6 is 11.8 Å². The molecule has 3 amide bonds. The number of urea groups is 1. The number of imide groups is 1. The molecular formula is C21H34N2O2S. The molecule has 3 rings (SSSR count). The van der Waals surface area contributed by atoms with Crippen molar-refractivity contribution in [2.24, 2.45) is 0 Å². The number of thioether (sulfide) groups is 1. The van der Waals surface area contributed by atoms with E-state index < -0.39 is 0 Å². The van der Waals surface area contributed by atoms with Gasteiger partial charge in [-0.2, -0.15) is 11.8 Å². The second kappa shape index (κ2) is 9.45. The van der Waals surface area contributed by atoms with E-state index in [1.165, 1.54) is 10.5 Å². The minimum atomic E-state index is -0.257. The lowest BCUT2D eigenvalue weighted by atomic mass is 9.86. The zero-order valence-electron chi connectivity index (χ0n) is 17.4. The van der Waals surface area contributed by atoms with Gasteiger partial charge in [-0.3, -0.25) is 9.69 Å². The molecule has 1 aromatic carbocycles. The number of carbonyl (C=O) groups excluding carboxylic acids is 2. The van der Waals surface area contributed by atoms with Crippen molar-refractivity contribution in [3.05, 3.63) is 35.4 Å². The SMILES string of the molecule is CC.CC.CC1SC[C@H]2[C@@H]1NC(=O)N2C(=O)c1ccc(C(C)(C)C)cc1. The largest absolute Gasteiger partial charge is 0.332 e. The zero-order chi connectivity index (χ0) is 20.1. The summed E-state index contributed by atoms with van der Waals surface area (Å²) in [5.74, 6) is 0.622. The van der Waals surface area contributed by atoms with Crippen molar-refractivity contribution < 1.29 is 9.59 Å². The van der Waals surface area contributed by atoms with E-state index in [9.17, 15) is 9.59 Å². The molecule has 0 aromatic heterocycles. The lowest BCUT2D eigenvalue weighted by Crippen LogP contribution is -2.41. The molecule has 4 nitrogen and oxygen atoms in total. The average Bonchev–Trinajstić information content (AvgIpc) is 3.15. The van der Waals surface area contributed by atoms with Gasteiger partial charge in [-0.1, -0.05) is 67.5 Å². The molecular weight excluding hydrogens is 344 g/mol. The van der Waals surface area contributed by atoms with Gasteiger partial charge < -0.3 is 5.32 Å². The maximum atomic E-state index is 12.7. The number of amides is 3. The standard InChI is InChI=1S/C17H22N2O2S.2C2H6/c1-10-14-13(9-22-10)19(16(21)18-14)15(20)11-5-7-12(8-6-11)17(2,3)4;2*1-2/h5-8,10,13-14H,9H2,1-4H3,(H,18,21);2*1-2H3/t10?,13-,14+;;/m0../s1. The van der Waals surface area contributed by atoms with Crippen molar-refractivity contribution in [2.45, 2.75) is 78.1 Å². The summed E-state index contributed by atoms with van der Waals surface area (Å²) in [5.41, 5.74) is 1.81. The Bertz CT molecular complexity index is 607. The summed E-state index contributed by atoms with van der Waals surface area (Å²) >= 11 is 1.80. The minimum Gasteiger partial charge on any atom is -0.332 e. The molecule has 2 heterocycles. The smallest absolute Gasteiger partial charge is 0.325 e. The predicted octanol–water partition coefficient (Wildman–Crippen LogP) is 5.07. The number of carbonyl (C=O) groups is 2. The third-order valence-corrected chi connectivity index (χ3v) is 5.86. The Balaban J connectivity index is 0.000000791. The molecule has 2 aliphatic rings. The molecule has 1 unspecified atom stereocenters. The van der Waals surface area contributed by atoms with Gasteiger partial charge in [0, 0.05) is 16.6 Å². The van der Waals surface area contributed by atoms with Crippen LogP contribution in [-0.4, -0.2) is 39.9 Å². The van der Waals surface area contributed by atoms with Crippen LogP contribution in [0.15, 0.2) is 24.3 Å². The van der Waals surface area contributed by atoms with E-state index in [2.05, 4.69) is 33.0 Å². The Kier molecular flexibility index (Phi) is 8.19. The first kappa shape index (κ1) is 22.6. The lowest BCUT2D eigenvalue weighted by molar-refractivity contribution is 0.0790. The number of nitrogens with zero attached hydrogens (tertiary/aromatic N) is 1. The van der Waals surface area contributed by atoms with Crippen LogP contribution < -0.4 is 5.32 Å². The number of hydrogen-bond acceptors (Lipinski definition) is 3. The summed E-state index contributed by atoms with van der Waals surface area (Å²) in [6.45, 7) is 16.5. The van der Waals surface area contributed by atoms with Crippen LogP contribution in [0.2, 0.25) is 0 Å². The van der Waals surface area contributed by atoms with E-state index in [0.717, 1.165) is 5.75 Å². The van der Waals surface area contributed by atoms with Gasteiger partial charge in [-0.05, 0) is 23.1 Å². The summed E-state index contributed by atoms with van der Waals surface area (Å²) in [4.78, 5) is 26.3. The quantitative estimate of drug-likeness (QED) is 0.694. The van der Waals surface area contributed by atoms with Crippen molar-refractivity contribution in [3.8, 4) is 0 Å². The first-order valence-corrected chi connectivity index (χ1v) is 10.7. The maximum absolute atomic E-state index is 12.7. The highest BCUT2D eigenvalue weighted by Gasteiger charge is 2.49. The molecule has 0 aliphatic carbocycles. The minimum absolute atomic E-state index is 0.0257. The number of benzene rings is 1. The Morgan fingerprint density at radius 1 is 1.12 bits per heavy atom. The highest BCUT2D eigenvalue weighted by Crippen LogP contribution is 2.34. The molecule has 1 N–H and O–H groups in total. The fourth-order valence-electron chi connectivity index (χ4n) is 3.08. The molecule has 0 saturated carbocycles. The zero-order valence-corrected chi connectivity index (χ0v) is 18.2. The number of rotatable bonds is 1. The lowest BCUT2D eigenvalue weighted by Gasteiger charge is -2.21. The highest BCUT2D eigenvalue weighted by atomic mass is 32.2. The number of hydrogen-bond donors (Lipinski definition) is 1. The summed E-state index contributed by atoms with van der Waals surface area (Å²) < 4.78 is 0. The fourth-order valence-corrected chi connectivity index (χ4v) is 4.39. The van der Waals surface area contributed by atoms with Crippen LogP contribution in [0.3, 0.4) is 0 Å². The third kappa shape index (κ3) is 4.61. The van der Waals surface area contributed by atoms with E-state index in [4.69, 9.17) is 0 Å². The Labute approximate surface area is 163 Å². The van der Waals surface area contributed by atoms with Gasteiger partial charge >= 0.3 is 6.03 Å². The van der Waals surface area contributed by atoms with Crippen LogP contribution in [0.1, 0.15) is 71.3 Å². The van der Waals surface area contributed by atoms with E-state index in [-0.39, 0.29) is 29.4 Å². The Hall–Kier alpha value is -1.49. The molecule has 146 valence electrons. The topological polar surface area (TPSA) is 49.4 Å². The average molecular weight is 379 g/mol. The second-order valence-electron chi connectivity index (χ2n) is 7.08. The first-order valence-electron chi connectivity index (χ1n) is 9.65. The van der Waals surface area contributed by atoms with Crippen LogP contribution in [-0.2, 0) is 5.41 Å². The molecule has 26 heavy (non-hydrogen) atoms. The monoisotopic (exact) mass is 378 g/mol. The molecule has 0 spiro atoms. The maximum Gasteiger partial charge on any atom is 0.325 e. The summed E-state index contributed by atoms with van der Waals surface area (Å²) in [6.07, 6.45) is 0. The number of nitrogens with one attached hydrogen (secondary N) is 1. The van der Waals surface area contributed by atoms with E-state index in [1.807, 2.05) is 52.0 Å². The van der Waals surface area contributed by atoms with Gasteiger partial charge in [-0.25, -0.2) is 4.79 Å². The molecule has 2 aliphatic heterocycles. The van der Waals surface area contributed by atoms with Gasteiger partial charge in [0.1, 0.15) is 0 Å². The van der Waals surface area contributed by atoms with Gasteiger partial charge in [0.05, 0.1) is 12.1 Å². The predicted molar refractivity (Wildman–Crippen MR) is 112 cm³/mol. The Morgan fingerprint density at radius 2 is 1.65 bits per heavy atom. The van der Waals surface area contributed by atoms with E-state index in [1.54, 1.807) is 11.8 Å². The summed E-state index contributed by atoms with van der Waals surface area (Å²) in [6, 6.07) is 7.41. The van der Waals surface area contributed by atoms with Crippen LogP contribution in [0.5, 0.6) is 0 Å². The van der Waals surface area contributed by atoms with Gasteiger partial charge in [-0.15, -0.1) is 0 Å². The van der Waals surface area contributed by atoms with Crippen molar-refractivity contribution in [1.82, 2.24) is 10.2 Å². The molecule has 5 heteroatoms. The highest BCUT2D eigenvalue weighted by molar-refractivity contribution is 8.00. The summed E-state index contributed by atoms with van der Waals surface area (Å²) in [7, 11) is 0. The molecule has 2 fully saturated rings. The van der Waals surface area contributed by atoms with Crippen molar-refractivity contribution in [3.63, 3.8) is 0 Å². The van der Waals surface area contributed by atoms with E-state index >= 15 is 0 Å². The van der Waals surface area contributed by atoms with Crippen molar-refractivity contribution in [1.29, 1.82) is 0 Å². The van der Waals surface area contributed by atoms with Gasteiger partial charge in [0.25, 0.3) is 5.91 Å². The van der Waals surface area contributed by atoms with Gasteiger partial charge in [0.15, 0.2) is 0 Å². The fraction of sp³-hybridized carbons (Fsp3) is 0.619. The van der Waals surface area contributed by atoms with Crippen LogP contribution in [0.25, 0.3) is 0 Å². The molecule has 0 bridgehead atoms. The molecule has 3 atom stereocenters. The van der Waals surface area contributed by atoms with Crippen LogP contribution in [0.4, 0.5) is 4.79 Å². The first-order chi connectivity index (χ1) is 12.3. The van der Waals surface area contributed by atoms with E-state index in [0.29, 0.717) is 10.8 Å². The molecule has 2 saturated heterocycles. The normalized spacial score (nSPS) is 23.9. The van der Waals surface area contributed by atoms with Gasteiger partial charge in [0.2, 0.25) is 0 Å². The van der Waals surface area contributed by atoms with Crippen molar-refractivity contribution in [2.75, 3.05) is 5.75 Å². The van der Waals surface area contributed by atoms with Crippen molar-refractivity contribution >= 4 is 23.7 Å².